The Morgan fingerprint density at radius 2 is 2.14 bits per heavy atom. The first kappa shape index (κ1) is 16.6. The molecule has 1 aliphatic rings. The summed E-state index contributed by atoms with van der Waals surface area (Å²) < 4.78 is 6.27. The largest absolute Gasteiger partial charge is 0.490 e. The molecule has 0 amide bonds. The Bertz CT molecular complexity index is 447. The third kappa shape index (κ3) is 5.19. The van der Waals surface area contributed by atoms with Gasteiger partial charge in [-0.15, -0.1) is 0 Å². The molecule has 1 fully saturated rings. The van der Waals surface area contributed by atoms with Gasteiger partial charge in [0.05, 0.1) is 6.10 Å². The molecule has 2 unspecified atom stereocenters. The predicted octanol–water partition coefficient (Wildman–Crippen LogP) is 5.04. The Morgan fingerprint density at radius 1 is 1.33 bits per heavy atom. The summed E-state index contributed by atoms with van der Waals surface area (Å²) in [5.41, 5.74) is 1.10. The van der Waals surface area contributed by atoms with Gasteiger partial charge in [-0.25, -0.2) is 0 Å². The van der Waals surface area contributed by atoms with Gasteiger partial charge in [0.2, 0.25) is 0 Å². The van der Waals surface area contributed by atoms with Crippen molar-refractivity contribution in [2.45, 2.75) is 59.1 Å². The van der Waals surface area contributed by atoms with E-state index in [1.165, 1.54) is 12.8 Å². The average Bonchev–Trinajstić information content (AvgIpc) is 2.41. The lowest BCUT2D eigenvalue weighted by molar-refractivity contribution is 0.128. The van der Waals surface area contributed by atoms with E-state index in [0.29, 0.717) is 12.0 Å². The summed E-state index contributed by atoms with van der Waals surface area (Å²) in [7, 11) is 0. The van der Waals surface area contributed by atoms with E-state index in [2.05, 4.69) is 32.2 Å². The van der Waals surface area contributed by atoms with Crippen molar-refractivity contribution in [1.82, 2.24) is 5.32 Å². The van der Waals surface area contributed by atoms with E-state index in [4.69, 9.17) is 16.3 Å². The van der Waals surface area contributed by atoms with Crippen LogP contribution in [0.5, 0.6) is 5.75 Å². The van der Waals surface area contributed by atoms with Crippen LogP contribution in [0.3, 0.4) is 0 Å². The molecule has 0 aliphatic heterocycles. The number of benzene rings is 1. The zero-order valence-electron chi connectivity index (χ0n) is 13.5. The molecule has 2 atom stereocenters. The average molecular weight is 310 g/mol. The van der Waals surface area contributed by atoms with Crippen molar-refractivity contribution in [2.24, 2.45) is 11.8 Å². The minimum Gasteiger partial charge on any atom is -0.490 e. The van der Waals surface area contributed by atoms with Crippen molar-refractivity contribution in [3.63, 3.8) is 0 Å². The van der Waals surface area contributed by atoms with Gasteiger partial charge in [0.25, 0.3) is 0 Å². The second-order valence-electron chi connectivity index (χ2n) is 6.75. The van der Waals surface area contributed by atoms with Crippen LogP contribution in [0.4, 0.5) is 0 Å². The van der Waals surface area contributed by atoms with Gasteiger partial charge in [-0.1, -0.05) is 44.9 Å². The van der Waals surface area contributed by atoms with Crippen LogP contribution < -0.4 is 10.1 Å². The zero-order valence-corrected chi connectivity index (χ0v) is 14.2. The van der Waals surface area contributed by atoms with Crippen LogP contribution in [0.15, 0.2) is 18.2 Å². The third-order valence-corrected chi connectivity index (χ3v) is 4.47. The van der Waals surface area contributed by atoms with E-state index in [0.717, 1.165) is 48.2 Å². The summed E-state index contributed by atoms with van der Waals surface area (Å²) >= 11 is 6.37. The van der Waals surface area contributed by atoms with E-state index in [1.54, 1.807) is 0 Å². The van der Waals surface area contributed by atoms with Crippen molar-refractivity contribution in [3.05, 3.63) is 28.8 Å². The summed E-state index contributed by atoms with van der Waals surface area (Å²) in [5.74, 6) is 2.36. The highest BCUT2D eigenvalue weighted by Crippen LogP contribution is 2.31. The lowest BCUT2D eigenvalue weighted by Gasteiger charge is -2.28. The minimum atomic E-state index is 0.344. The minimum absolute atomic E-state index is 0.344. The Balaban J connectivity index is 2.02. The highest BCUT2D eigenvalue weighted by molar-refractivity contribution is 6.31. The number of halogens is 1. The highest BCUT2D eigenvalue weighted by Gasteiger charge is 2.21. The van der Waals surface area contributed by atoms with Gasteiger partial charge in [0, 0.05) is 17.1 Å². The van der Waals surface area contributed by atoms with Gasteiger partial charge in [0.1, 0.15) is 5.75 Å². The first-order valence-electron chi connectivity index (χ1n) is 8.21. The van der Waals surface area contributed by atoms with Crippen molar-refractivity contribution >= 4 is 11.6 Å². The number of ether oxygens (including phenoxy) is 1. The van der Waals surface area contributed by atoms with E-state index in [-0.39, 0.29) is 0 Å². The van der Waals surface area contributed by atoms with Gasteiger partial charge < -0.3 is 10.1 Å². The van der Waals surface area contributed by atoms with Gasteiger partial charge >= 0.3 is 0 Å². The summed E-state index contributed by atoms with van der Waals surface area (Å²) in [6, 6.07) is 5.98. The summed E-state index contributed by atoms with van der Waals surface area (Å²) in [5, 5.41) is 4.26. The smallest absolute Gasteiger partial charge is 0.125 e. The quantitative estimate of drug-likeness (QED) is 0.794. The SMILES string of the molecule is CC(C)CNCc1c(Cl)cccc1OC1CCCC(C)C1. The Kier molecular flexibility index (Phi) is 6.38. The summed E-state index contributed by atoms with van der Waals surface area (Å²) in [6.07, 6.45) is 5.27. The topological polar surface area (TPSA) is 21.3 Å². The van der Waals surface area contributed by atoms with Crippen molar-refractivity contribution < 1.29 is 4.74 Å². The maximum atomic E-state index is 6.37. The number of hydrogen-bond donors (Lipinski definition) is 1. The molecule has 0 saturated heterocycles. The second-order valence-corrected chi connectivity index (χ2v) is 7.16. The molecule has 1 aromatic rings. The first-order valence-corrected chi connectivity index (χ1v) is 8.58. The van der Waals surface area contributed by atoms with Gasteiger partial charge in [-0.05, 0) is 49.8 Å². The van der Waals surface area contributed by atoms with Gasteiger partial charge in [-0.3, -0.25) is 0 Å². The lowest BCUT2D eigenvalue weighted by Crippen LogP contribution is -2.25. The van der Waals surface area contributed by atoms with E-state index >= 15 is 0 Å². The Morgan fingerprint density at radius 3 is 2.86 bits per heavy atom. The van der Waals surface area contributed by atoms with Crippen LogP contribution in [0.25, 0.3) is 0 Å². The maximum Gasteiger partial charge on any atom is 0.125 e. The Labute approximate surface area is 134 Å². The predicted molar refractivity (Wildman–Crippen MR) is 90.0 cm³/mol. The van der Waals surface area contributed by atoms with Crippen LogP contribution >= 0.6 is 11.6 Å². The molecule has 21 heavy (non-hydrogen) atoms. The normalized spacial score (nSPS) is 22.5. The molecular weight excluding hydrogens is 282 g/mol. The van der Waals surface area contributed by atoms with E-state index < -0.39 is 0 Å². The molecule has 1 aliphatic carbocycles. The molecule has 0 heterocycles. The fourth-order valence-electron chi connectivity index (χ4n) is 2.97. The highest BCUT2D eigenvalue weighted by atomic mass is 35.5. The van der Waals surface area contributed by atoms with Gasteiger partial charge in [-0.2, -0.15) is 0 Å². The fourth-order valence-corrected chi connectivity index (χ4v) is 3.20. The third-order valence-electron chi connectivity index (χ3n) is 4.11. The molecule has 2 nitrogen and oxygen atoms in total. The molecule has 0 radical (unpaired) electrons. The molecule has 118 valence electrons. The van der Waals surface area contributed by atoms with Crippen LogP contribution in [0.1, 0.15) is 52.0 Å². The van der Waals surface area contributed by atoms with Crippen LogP contribution in [0.2, 0.25) is 5.02 Å². The summed E-state index contributed by atoms with van der Waals surface area (Å²) in [4.78, 5) is 0. The lowest BCUT2D eigenvalue weighted by atomic mass is 9.88. The van der Waals surface area contributed by atoms with Crippen LogP contribution in [-0.2, 0) is 6.54 Å². The molecule has 1 aromatic carbocycles. The first-order chi connectivity index (χ1) is 10.1. The number of hydrogen-bond acceptors (Lipinski definition) is 2. The van der Waals surface area contributed by atoms with Crippen molar-refractivity contribution in [1.29, 1.82) is 0 Å². The summed E-state index contributed by atoms with van der Waals surface area (Å²) in [6.45, 7) is 8.50. The standard InChI is InChI=1S/C18H28ClNO/c1-13(2)11-20-12-16-17(19)8-5-9-18(16)21-15-7-4-6-14(3)10-15/h5,8-9,13-15,20H,4,6-7,10-12H2,1-3H3. The van der Waals surface area contributed by atoms with Crippen molar-refractivity contribution in [3.8, 4) is 5.75 Å². The molecular formula is C18H28ClNO. The molecule has 0 bridgehead atoms. The van der Waals surface area contributed by atoms with E-state index in [9.17, 15) is 0 Å². The maximum absolute atomic E-state index is 6.37. The molecule has 2 rings (SSSR count). The molecule has 0 aromatic heterocycles. The number of nitrogens with one attached hydrogen (secondary N) is 1. The monoisotopic (exact) mass is 309 g/mol. The zero-order chi connectivity index (χ0) is 15.2. The van der Waals surface area contributed by atoms with E-state index in [1.807, 2.05) is 12.1 Å². The molecule has 3 heteroatoms. The fraction of sp³-hybridized carbons (Fsp3) is 0.667. The van der Waals surface area contributed by atoms with Crippen molar-refractivity contribution in [2.75, 3.05) is 6.54 Å². The molecule has 1 saturated carbocycles. The molecule has 0 spiro atoms. The van der Waals surface area contributed by atoms with Crippen LogP contribution in [0, 0.1) is 11.8 Å². The Hall–Kier alpha value is -0.730. The van der Waals surface area contributed by atoms with Crippen LogP contribution in [-0.4, -0.2) is 12.6 Å². The van der Waals surface area contributed by atoms with Gasteiger partial charge in [0.15, 0.2) is 0 Å². The molecule has 1 N–H and O–H groups in total. The number of rotatable bonds is 6. The second kappa shape index (κ2) is 8.05.